The maximum Gasteiger partial charge on any atom is 0.224 e. The molecule has 1 unspecified atom stereocenters. The van der Waals surface area contributed by atoms with Gasteiger partial charge in [0, 0.05) is 25.6 Å². The molecule has 98 valence electrons. The van der Waals surface area contributed by atoms with Crippen molar-refractivity contribution in [3.05, 3.63) is 35.6 Å². The number of benzene rings is 1. The highest BCUT2D eigenvalue weighted by Gasteiger charge is 2.19. The van der Waals surface area contributed by atoms with Crippen LogP contribution in [0.4, 0.5) is 4.39 Å². The Bertz CT molecular complexity index is 402. The van der Waals surface area contributed by atoms with E-state index < -0.39 is 0 Å². The number of nitrogens with two attached hydrogens (primary N) is 1. The number of ether oxygens (including phenoxy) is 1. The lowest BCUT2D eigenvalue weighted by Gasteiger charge is -2.27. The molecule has 0 radical (unpaired) electrons. The van der Waals surface area contributed by atoms with Gasteiger partial charge in [-0.1, -0.05) is 12.1 Å². The third-order valence-corrected chi connectivity index (χ3v) is 3.06. The second-order valence-corrected chi connectivity index (χ2v) is 4.36. The minimum atomic E-state index is -0.388. The largest absolute Gasteiger partial charge is 0.378 e. The van der Waals surface area contributed by atoms with Crippen LogP contribution in [-0.4, -0.2) is 37.1 Å². The molecule has 5 heteroatoms. The summed E-state index contributed by atoms with van der Waals surface area (Å²) in [7, 11) is 0. The molecule has 1 aliphatic heterocycles. The maximum atomic E-state index is 12.8. The highest BCUT2D eigenvalue weighted by Crippen LogP contribution is 2.16. The van der Waals surface area contributed by atoms with Crippen LogP contribution in [0.5, 0.6) is 0 Å². The van der Waals surface area contributed by atoms with Crippen LogP contribution in [0.15, 0.2) is 24.3 Å². The van der Waals surface area contributed by atoms with E-state index >= 15 is 0 Å². The van der Waals surface area contributed by atoms with E-state index in [2.05, 4.69) is 0 Å². The van der Waals surface area contributed by atoms with Gasteiger partial charge in [0.05, 0.1) is 13.2 Å². The van der Waals surface area contributed by atoms with E-state index in [0.29, 0.717) is 26.3 Å². The fraction of sp³-hybridized carbons (Fsp3) is 0.462. The minimum Gasteiger partial charge on any atom is -0.378 e. The molecule has 1 aliphatic rings. The molecule has 0 bridgehead atoms. The van der Waals surface area contributed by atoms with E-state index in [9.17, 15) is 9.18 Å². The summed E-state index contributed by atoms with van der Waals surface area (Å²) in [5.74, 6) is -0.277. The van der Waals surface area contributed by atoms with Gasteiger partial charge in [0.2, 0.25) is 5.91 Å². The summed E-state index contributed by atoms with van der Waals surface area (Å²) < 4.78 is 18.0. The summed E-state index contributed by atoms with van der Waals surface area (Å²) in [5, 5.41) is 0. The lowest BCUT2D eigenvalue weighted by Crippen LogP contribution is -2.41. The smallest absolute Gasteiger partial charge is 0.224 e. The van der Waals surface area contributed by atoms with Crippen molar-refractivity contribution in [1.29, 1.82) is 0 Å². The summed E-state index contributed by atoms with van der Waals surface area (Å²) in [4.78, 5) is 13.7. The number of halogens is 1. The monoisotopic (exact) mass is 252 g/mol. The highest BCUT2D eigenvalue weighted by atomic mass is 19.1. The molecule has 1 aromatic carbocycles. The fourth-order valence-electron chi connectivity index (χ4n) is 1.96. The molecule has 1 amide bonds. The second-order valence-electron chi connectivity index (χ2n) is 4.36. The van der Waals surface area contributed by atoms with E-state index in [4.69, 9.17) is 10.5 Å². The normalized spacial score (nSPS) is 17.6. The van der Waals surface area contributed by atoms with Crippen LogP contribution in [-0.2, 0) is 9.53 Å². The predicted octanol–water partition coefficient (Wildman–Crippen LogP) is 1.07. The van der Waals surface area contributed by atoms with Crippen LogP contribution >= 0.6 is 0 Å². The Kier molecular flexibility index (Phi) is 4.28. The quantitative estimate of drug-likeness (QED) is 0.875. The van der Waals surface area contributed by atoms with E-state index in [1.54, 1.807) is 17.0 Å². The molecule has 0 spiro atoms. The topological polar surface area (TPSA) is 55.6 Å². The molecule has 2 rings (SSSR count). The number of carbonyl (C=O) groups is 1. The number of carbonyl (C=O) groups excluding carboxylic acids is 1. The van der Waals surface area contributed by atoms with E-state index in [0.717, 1.165) is 5.56 Å². The lowest BCUT2D eigenvalue weighted by molar-refractivity contribution is -0.135. The van der Waals surface area contributed by atoms with Crippen LogP contribution < -0.4 is 5.73 Å². The highest BCUT2D eigenvalue weighted by molar-refractivity contribution is 5.77. The maximum absolute atomic E-state index is 12.8. The predicted molar refractivity (Wildman–Crippen MR) is 65.3 cm³/mol. The number of rotatable bonds is 3. The van der Waals surface area contributed by atoms with Crippen molar-refractivity contribution in [1.82, 2.24) is 4.90 Å². The summed E-state index contributed by atoms with van der Waals surface area (Å²) in [6.07, 6.45) is 0.242. The van der Waals surface area contributed by atoms with Gasteiger partial charge >= 0.3 is 0 Å². The molecule has 2 N–H and O–H groups in total. The zero-order valence-corrected chi connectivity index (χ0v) is 10.1. The van der Waals surface area contributed by atoms with Crippen molar-refractivity contribution >= 4 is 5.91 Å². The molecule has 1 saturated heterocycles. The Balaban J connectivity index is 1.91. The van der Waals surface area contributed by atoms with Gasteiger partial charge < -0.3 is 15.4 Å². The van der Waals surface area contributed by atoms with E-state index in [1.165, 1.54) is 12.1 Å². The van der Waals surface area contributed by atoms with Gasteiger partial charge in [0.25, 0.3) is 0 Å². The number of morpholine rings is 1. The minimum absolute atomic E-state index is 0.0233. The van der Waals surface area contributed by atoms with Crippen LogP contribution in [0, 0.1) is 5.82 Å². The van der Waals surface area contributed by atoms with Crippen LogP contribution in [0.25, 0.3) is 0 Å². The van der Waals surface area contributed by atoms with Gasteiger partial charge in [-0.15, -0.1) is 0 Å². The number of hydrogen-bond donors (Lipinski definition) is 1. The van der Waals surface area contributed by atoms with Crippen molar-refractivity contribution in [2.75, 3.05) is 26.3 Å². The standard InChI is InChI=1S/C13H17FN2O2/c14-11-3-1-10(2-4-11)12(15)9-13(17)16-5-7-18-8-6-16/h1-4,12H,5-9,15H2. The molecule has 1 fully saturated rings. The first-order chi connectivity index (χ1) is 8.66. The van der Waals surface area contributed by atoms with Gasteiger partial charge in [-0.25, -0.2) is 4.39 Å². The summed E-state index contributed by atoms with van der Waals surface area (Å²) in [5.41, 5.74) is 6.73. The van der Waals surface area contributed by atoms with Crippen molar-refractivity contribution in [2.24, 2.45) is 5.73 Å². The van der Waals surface area contributed by atoms with Crippen molar-refractivity contribution in [3.8, 4) is 0 Å². The first kappa shape index (κ1) is 13.0. The average molecular weight is 252 g/mol. The van der Waals surface area contributed by atoms with Crippen molar-refractivity contribution < 1.29 is 13.9 Å². The fourth-order valence-corrected chi connectivity index (χ4v) is 1.96. The summed E-state index contributed by atoms with van der Waals surface area (Å²) >= 11 is 0. The Morgan fingerprint density at radius 1 is 1.33 bits per heavy atom. The number of amides is 1. The molecule has 1 atom stereocenters. The first-order valence-electron chi connectivity index (χ1n) is 6.03. The zero-order valence-electron chi connectivity index (χ0n) is 10.1. The van der Waals surface area contributed by atoms with Crippen LogP contribution in [0.3, 0.4) is 0 Å². The van der Waals surface area contributed by atoms with Gasteiger partial charge in [0.15, 0.2) is 0 Å². The van der Waals surface area contributed by atoms with E-state index in [-0.39, 0.29) is 24.2 Å². The molecular formula is C13H17FN2O2. The number of hydrogen-bond acceptors (Lipinski definition) is 3. The Morgan fingerprint density at radius 2 is 1.94 bits per heavy atom. The zero-order chi connectivity index (χ0) is 13.0. The van der Waals surface area contributed by atoms with Crippen molar-refractivity contribution in [2.45, 2.75) is 12.5 Å². The second kappa shape index (κ2) is 5.93. The van der Waals surface area contributed by atoms with E-state index in [1.807, 2.05) is 0 Å². The molecule has 4 nitrogen and oxygen atoms in total. The molecule has 0 aromatic heterocycles. The molecule has 1 heterocycles. The molecule has 1 aromatic rings. The Hall–Kier alpha value is -1.46. The molecule has 0 aliphatic carbocycles. The molecule has 0 saturated carbocycles. The third-order valence-electron chi connectivity index (χ3n) is 3.06. The Labute approximate surface area is 106 Å². The van der Waals surface area contributed by atoms with Crippen molar-refractivity contribution in [3.63, 3.8) is 0 Å². The summed E-state index contributed by atoms with van der Waals surface area (Å²) in [6, 6.07) is 5.56. The third kappa shape index (κ3) is 3.27. The first-order valence-corrected chi connectivity index (χ1v) is 6.03. The molecule has 18 heavy (non-hydrogen) atoms. The Morgan fingerprint density at radius 3 is 2.56 bits per heavy atom. The van der Waals surface area contributed by atoms with Crippen LogP contribution in [0.2, 0.25) is 0 Å². The van der Waals surface area contributed by atoms with Gasteiger partial charge in [-0.05, 0) is 17.7 Å². The van der Waals surface area contributed by atoms with Gasteiger partial charge in [0.1, 0.15) is 5.82 Å². The SMILES string of the molecule is NC(CC(=O)N1CCOCC1)c1ccc(F)cc1. The average Bonchev–Trinajstić information content (AvgIpc) is 2.40. The number of nitrogens with zero attached hydrogens (tertiary/aromatic N) is 1. The summed E-state index contributed by atoms with van der Waals surface area (Å²) in [6.45, 7) is 2.40. The lowest BCUT2D eigenvalue weighted by atomic mass is 10.0. The molecular weight excluding hydrogens is 235 g/mol. The van der Waals surface area contributed by atoms with Gasteiger partial charge in [-0.3, -0.25) is 4.79 Å². The van der Waals surface area contributed by atoms with Crippen LogP contribution in [0.1, 0.15) is 18.0 Å². The van der Waals surface area contributed by atoms with Gasteiger partial charge in [-0.2, -0.15) is 0 Å².